The fourth-order valence-corrected chi connectivity index (χ4v) is 6.21. The highest BCUT2D eigenvalue weighted by Crippen LogP contribution is 2.65. The number of amides is 4. The fourth-order valence-electron chi connectivity index (χ4n) is 6.21. The summed E-state index contributed by atoms with van der Waals surface area (Å²) < 4.78 is 11.6. The van der Waals surface area contributed by atoms with E-state index in [9.17, 15) is 24.0 Å². The molecule has 0 aromatic heterocycles. The molecule has 2 unspecified atom stereocenters. The molecule has 0 spiro atoms. The lowest BCUT2D eigenvalue weighted by molar-refractivity contribution is -0.149. The highest BCUT2D eigenvalue weighted by atomic mass is 16.6. The van der Waals surface area contributed by atoms with E-state index < -0.39 is 58.9 Å². The first-order valence-corrected chi connectivity index (χ1v) is 14.6. The molecule has 5 atom stereocenters. The van der Waals surface area contributed by atoms with E-state index in [4.69, 9.17) is 15.2 Å². The first-order chi connectivity index (χ1) is 18.5. The third-order valence-corrected chi connectivity index (χ3v) is 8.60. The molecule has 3 fully saturated rings. The number of fused-ring (bicyclic) bond motifs is 3. The second-order valence-electron chi connectivity index (χ2n) is 13.6. The van der Waals surface area contributed by atoms with Crippen LogP contribution in [0.4, 0.5) is 4.79 Å². The summed E-state index contributed by atoms with van der Waals surface area (Å²) in [6, 6.07) is -3.05. The van der Waals surface area contributed by atoms with Gasteiger partial charge in [-0.2, -0.15) is 0 Å². The molecule has 2 aliphatic heterocycles. The molecule has 0 bridgehead atoms. The van der Waals surface area contributed by atoms with Crippen LogP contribution in [0.15, 0.2) is 0 Å². The van der Waals surface area contributed by atoms with E-state index in [1.54, 1.807) is 34.6 Å². The largest absolute Gasteiger partial charge is 0.444 e. The third-order valence-electron chi connectivity index (χ3n) is 8.60. The number of piperidine rings is 1. The van der Waals surface area contributed by atoms with Gasteiger partial charge in [-0.3, -0.25) is 19.2 Å². The van der Waals surface area contributed by atoms with Crippen molar-refractivity contribution in [2.45, 2.75) is 123 Å². The molecule has 0 aromatic carbocycles. The standard InChI is InChI=1S/C29H48N4O7/c1-27(2,3)40-26(38)32-22-25(37)33-16-17-19(28(17,4)5)20(33)24(36)31-18(21(34)23(30)35)14-12-10-8-9-11-13-15-39-29(22,6)7/h17-20,22H,8-16H2,1-7H3,(H2,30,35)(H,31,36)(H,32,38)/t17?,18-,19?,20-,22+/m0/s1. The Labute approximate surface area is 237 Å². The number of alkyl carbamates (subject to hydrolysis) is 1. The van der Waals surface area contributed by atoms with Crippen molar-refractivity contribution in [3.63, 3.8) is 0 Å². The number of nitrogens with zero attached hydrogens (tertiary/aromatic N) is 1. The number of primary amides is 1. The second kappa shape index (κ2) is 12.0. The van der Waals surface area contributed by atoms with Crippen LogP contribution in [0.25, 0.3) is 0 Å². The number of ketones is 1. The molecular weight excluding hydrogens is 516 g/mol. The van der Waals surface area contributed by atoms with Crippen LogP contribution >= 0.6 is 0 Å². The van der Waals surface area contributed by atoms with Crippen molar-refractivity contribution < 1.29 is 33.4 Å². The van der Waals surface area contributed by atoms with Gasteiger partial charge in [0.1, 0.15) is 17.7 Å². The Balaban J connectivity index is 1.96. The lowest BCUT2D eigenvalue weighted by atomic mass is 9.94. The van der Waals surface area contributed by atoms with E-state index in [1.165, 1.54) is 4.90 Å². The molecule has 0 aromatic rings. The van der Waals surface area contributed by atoms with Gasteiger partial charge in [0.15, 0.2) is 0 Å². The average molecular weight is 565 g/mol. The minimum absolute atomic E-state index is 0.0781. The predicted octanol–water partition coefficient (Wildman–Crippen LogP) is 2.44. The maximum atomic E-state index is 14.2. The predicted molar refractivity (Wildman–Crippen MR) is 148 cm³/mol. The van der Waals surface area contributed by atoms with Crippen molar-refractivity contribution in [1.29, 1.82) is 0 Å². The molecule has 226 valence electrons. The van der Waals surface area contributed by atoms with Gasteiger partial charge in [0.05, 0.1) is 11.6 Å². The van der Waals surface area contributed by atoms with Gasteiger partial charge >= 0.3 is 6.09 Å². The lowest BCUT2D eigenvalue weighted by Crippen LogP contribution is -2.63. The zero-order chi connectivity index (χ0) is 30.0. The van der Waals surface area contributed by atoms with E-state index in [1.807, 2.05) is 0 Å². The number of nitrogens with two attached hydrogens (primary N) is 1. The van der Waals surface area contributed by atoms with Crippen LogP contribution in [0, 0.1) is 17.3 Å². The first-order valence-electron chi connectivity index (χ1n) is 14.6. The van der Waals surface area contributed by atoms with Crippen molar-refractivity contribution in [2.24, 2.45) is 23.0 Å². The number of carbonyl (C=O) groups excluding carboxylic acids is 5. The molecular formula is C29H48N4O7. The molecule has 2 saturated heterocycles. The van der Waals surface area contributed by atoms with Crippen molar-refractivity contribution in [3.8, 4) is 0 Å². The highest BCUT2D eigenvalue weighted by Gasteiger charge is 2.70. The van der Waals surface area contributed by atoms with Crippen LogP contribution in [0.5, 0.6) is 0 Å². The van der Waals surface area contributed by atoms with Crippen LogP contribution in [-0.2, 0) is 28.7 Å². The molecule has 11 nitrogen and oxygen atoms in total. The number of carbonyl (C=O) groups is 5. The number of Topliss-reactive ketones (excluding diaryl/α,β-unsaturated/α-hetero) is 1. The molecule has 1 aliphatic carbocycles. The highest BCUT2D eigenvalue weighted by molar-refractivity contribution is 6.37. The summed E-state index contributed by atoms with van der Waals surface area (Å²) in [4.78, 5) is 66.7. The van der Waals surface area contributed by atoms with Crippen molar-refractivity contribution in [2.75, 3.05) is 13.2 Å². The van der Waals surface area contributed by atoms with Crippen LogP contribution in [-0.4, -0.2) is 77.0 Å². The molecule has 4 N–H and O–H groups in total. The zero-order valence-corrected chi connectivity index (χ0v) is 25.1. The third kappa shape index (κ3) is 7.33. The van der Waals surface area contributed by atoms with Crippen molar-refractivity contribution >= 4 is 29.6 Å². The Morgan fingerprint density at radius 2 is 1.62 bits per heavy atom. The van der Waals surface area contributed by atoms with Gasteiger partial charge in [-0.05, 0) is 64.7 Å². The topological polar surface area (TPSA) is 157 Å². The van der Waals surface area contributed by atoms with E-state index in [0.29, 0.717) is 26.0 Å². The number of rotatable bonds is 3. The van der Waals surface area contributed by atoms with Gasteiger partial charge < -0.3 is 30.7 Å². The minimum atomic E-state index is -1.13. The summed E-state index contributed by atoms with van der Waals surface area (Å²) in [5.74, 6) is -2.94. The summed E-state index contributed by atoms with van der Waals surface area (Å²) in [5, 5.41) is 5.48. The molecule has 4 amide bonds. The summed E-state index contributed by atoms with van der Waals surface area (Å²) in [6.07, 6.45) is 4.63. The van der Waals surface area contributed by atoms with Gasteiger partial charge in [-0.25, -0.2) is 4.79 Å². The zero-order valence-electron chi connectivity index (χ0n) is 25.1. The van der Waals surface area contributed by atoms with Gasteiger partial charge in [-0.15, -0.1) is 0 Å². The monoisotopic (exact) mass is 564 g/mol. The van der Waals surface area contributed by atoms with E-state index in [2.05, 4.69) is 24.5 Å². The number of nitrogens with one attached hydrogen (secondary N) is 2. The maximum absolute atomic E-state index is 14.2. The van der Waals surface area contributed by atoms with E-state index in [-0.39, 0.29) is 17.3 Å². The molecule has 3 aliphatic rings. The van der Waals surface area contributed by atoms with Crippen molar-refractivity contribution in [3.05, 3.63) is 0 Å². The van der Waals surface area contributed by atoms with Gasteiger partial charge in [0.2, 0.25) is 17.6 Å². The lowest BCUT2D eigenvalue weighted by Gasteiger charge is -2.39. The summed E-state index contributed by atoms with van der Waals surface area (Å²) in [7, 11) is 0. The second-order valence-corrected chi connectivity index (χ2v) is 13.6. The quantitative estimate of drug-likeness (QED) is 0.444. The Bertz CT molecular complexity index is 1000. The minimum Gasteiger partial charge on any atom is -0.444 e. The van der Waals surface area contributed by atoms with Crippen LogP contribution in [0.2, 0.25) is 0 Å². The molecule has 11 heteroatoms. The Morgan fingerprint density at radius 1 is 1.02 bits per heavy atom. The number of hydrogen-bond donors (Lipinski definition) is 3. The van der Waals surface area contributed by atoms with Crippen molar-refractivity contribution in [1.82, 2.24) is 15.5 Å². The Morgan fingerprint density at radius 3 is 2.23 bits per heavy atom. The van der Waals surface area contributed by atoms with Crippen LogP contribution < -0.4 is 16.4 Å². The summed E-state index contributed by atoms with van der Waals surface area (Å²) >= 11 is 0. The molecule has 3 rings (SSSR count). The van der Waals surface area contributed by atoms with Crippen LogP contribution in [0.3, 0.4) is 0 Å². The maximum Gasteiger partial charge on any atom is 0.408 e. The van der Waals surface area contributed by atoms with E-state index >= 15 is 0 Å². The molecule has 40 heavy (non-hydrogen) atoms. The summed E-state index contributed by atoms with van der Waals surface area (Å²) in [6.45, 7) is 13.5. The van der Waals surface area contributed by atoms with Gasteiger partial charge in [-0.1, -0.05) is 46.0 Å². The molecule has 2 heterocycles. The number of hydrogen-bond acceptors (Lipinski definition) is 7. The normalized spacial score (nSPS) is 31.2. The smallest absolute Gasteiger partial charge is 0.408 e. The first kappa shape index (κ1) is 31.8. The van der Waals surface area contributed by atoms with Gasteiger partial charge in [0, 0.05) is 13.2 Å². The van der Waals surface area contributed by atoms with Crippen LogP contribution in [0.1, 0.15) is 93.4 Å². The Kier molecular flexibility index (Phi) is 9.58. The molecule has 0 radical (unpaired) electrons. The average Bonchev–Trinajstić information content (AvgIpc) is 3.15. The molecule has 1 saturated carbocycles. The van der Waals surface area contributed by atoms with Gasteiger partial charge in [0.25, 0.3) is 5.91 Å². The number of ether oxygens (including phenoxy) is 2. The fraction of sp³-hybridized carbons (Fsp3) is 0.828. The Hall–Kier alpha value is -2.69. The summed E-state index contributed by atoms with van der Waals surface area (Å²) in [5.41, 5.74) is 3.24. The SMILES string of the molecule is CC(C)(C)OC(=O)N[C@@H]1C(=O)N2CC3C([C@H]2C(=O)N[C@H](C(=O)C(N)=O)CCCCCCCCOC1(C)C)C3(C)C. The van der Waals surface area contributed by atoms with E-state index in [0.717, 1.165) is 32.1 Å².